The van der Waals surface area contributed by atoms with Gasteiger partial charge in [0.25, 0.3) is 11.8 Å². The van der Waals surface area contributed by atoms with Gasteiger partial charge in [-0.3, -0.25) is 19.4 Å². The highest BCUT2D eigenvalue weighted by Crippen LogP contribution is 2.37. The third kappa shape index (κ3) is 7.81. The molecule has 3 aromatic rings. The predicted octanol–water partition coefficient (Wildman–Crippen LogP) is 6.34. The molecule has 0 saturated carbocycles. The van der Waals surface area contributed by atoms with Gasteiger partial charge < -0.3 is 9.80 Å². The number of nitriles is 1. The van der Waals surface area contributed by atoms with E-state index >= 15 is 0 Å². The zero-order valence-corrected chi connectivity index (χ0v) is 27.3. The zero-order chi connectivity index (χ0) is 35.6. The largest absolute Gasteiger partial charge is 0.416 e. The van der Waals surface area contributed by atoms with E-state index in [1.54, 1.807) is 29.2 Å². The molecular formula is C37H37F6N5O2. The van der Waals surface area contributed by atoms with E-state index in [0.717, 1.165) is 38.2 Å². The van der Waals surface area contributed by atoms with Crippen molar-refractivity contribution in [2.75, 3.05) is 45.8 Å². The lowest BCUT2D eigenvalue weighted by Crippen LogP contribution is -2.58. The Hall–Kier alpha value is -4.41. The van der Waals surface area contributed by atoms with Crippen LogP contribution in [0.1, 0.15) is 62.2 Å². The summed E-state index contributed by atoms with van der Waals surface area (Å²) in [5.41, 5.74) is -1.97. The number of piperidine rings is 1. The summed E-state index contributed by atoms with van der Waals surface area (Å²) in [5, 5.41) is 9.43. The van der Waals surface area contributed by atoms with Crippen molar-refractivity contribution in [3.63, 3.8) is 0 Å². The summed E-state index contributed by atoms with van der Waals surface area (Å²) in [6.45, 7) is 4.42. The monoisotopic (exact) mass is 697 g/mol. The topological polar surface area (TPSA) is 70.9 Å². The third-order valence-corrected chi connectivity index (χ3v) is 10.2. The standard InChI is InChI=1S/C37H37F6N5O2/c38-36(39,40)28-19-27(20-29(21-28)37(41,42)43)34(49)48-13-11-30(22-32(48)18-25-6-2-1-3-7-25)45-14-16-46(17-15-45)31-10-12-47(24-31)35(50)33-9-5-4-8-26(33)23-44/h1-9,19-21,30-32H,10-18,22,24H2. The molecule has 0 spiro atoms. The molecule has 3 aliphatic rings. The normalized spacial score (nSPS) is 22.4. The van der Waals surface area contributed by atoms with Gasteiger partial charge in [0, 0.05) is 69.5 Å². The molecule has 264 valence electrons. The van der Waals surface area contributed by atoms with Crippen molar-refractivity contribution >= 4 is 11.8 Å². The lowest BCUT2D eigenvalue weighted by atomic mass is 9.90. The maximum atomic E-state index is 13.8. The van der Waals surface area contributed by atoms with Crippen LogP contribution in [-0.4, -0.2) is 95.4 Å². The van der Waals surface area contributed by atoms with Crippen LogP contribution < -0.4 is 0 Å². The maximum Gasteiger partial charge on any atom is 0.416 e. The first-order valence-corrected chi connectivity index (χ1v) is 16.7. The lowest BCUT2D eigenvalue weighted by Gasteiger charge is -2.47. The number of rotatable bonds is 6. The number of alkyl halides is 6. The van der Waals surface area contributed by atoms with Crippen LogP contribution >= 0.6 is 0 Å². The predicted molar refractivity (Wildman–Crippen MR) is 173 cm³/mol. The van der Waals surface area contributed by atoms with Gasteiger partial charge in [-0.25, -0.2) is 0 Å². The summed E-state index contributed by atoms with van der Waals surface area (Å²) >= 11 is 0. The van der Waals surface area contributed by atoms with E-state index < -0.39 is 41.0 Å². The summed E-state index contributed by atoms with van der Waals surface area (Å²) < 4.78 is 81.7. The second kappa shape index (κ2) is 14.4. The van der Waals surface area contributed by atoms with Crippen molar-refractivity contribution in [3.8, 4) is 6.07 Å². The van der Waals surface area contributed by atoms with Crippen LogP contribution in [-0.2, 0) is 18.8 Å². The van der Waals surface area contributed by atoms with E-state index in [4.69, 9.17) is 0 Å². The van der Waals surface area contributed by atoms with E-state index in [1.807, 2.05) is 30.3 Å². The second-order valence-electron chi connectivity index (χ2n) is 13.2. The molecule has 3 unspecified atom stereocenters. The average Bonchev–Trinajstić information content (AvgIpc) is 3.61. The molecule has 50 heavy (non-hydrogen) atoms. The summed E-state index contributed by atoms with van der Waals surface area (Å²) in [4.78, 5) is 34.9. The number of amides is 2. The quantitative estimate of drug-likeness (QED) is 0.281. The van der Waals surface area contributed by atoms with Gasteiger partial charge in [0.15, 0.2) is 0 Å². The first-order valence-electron chi connectivity index (χ1n) is 16.7. The van der Waals surface area contributed by atoms with E-state index in [-0.39, 0.29) is 30.6 Å². The van der Waals surface area contributed by atoms with Crippen LogP contribution in [0.4, 0.5) is 26.3 Å². The Balaban J connectivity index is 1.13. The zero-order valence-electron chi connectivity index (χ0n) is 27.3. The first-order chi connectivity index (χ1) is 23.8. The molecule has 2 amide bonds. The van der Waals surface area contributed by atoms with Crippen molar-refractivity contribution in [1.29, 1.82) is 5.26 Å². The molecule has 3 heterocycles. The SMILES string of the molecule is N#Cc1ccccc1C(=O)N1CCC(N2CCN(C3CCN(C(=O)c4cc(C(F)(F)F)cc(C(F)(F)F)c4)C(Cc4ccccc4)C3)CC2)C1. The number of nitrogens with zero attached hydrogens (tertiary/aromatic N) is 5. The van der Waals surface area contributed by atoms with Crippen molar-refractivity contribution in [2.45, 2.75) is 56.2 Å². The lowest BCUT2D eigenvalue weighted by molar-refractivity contribution is -0.143. The number of hydrogen-bond donors (Lipinski definition) is 0. The van der Waals surface area contributed by atoms with Crippen LogP contribution in [0.2, 0.25) is 0 Å². The smallest absolute Gasteiger partial charge is 0.337 e. The van der Waals surface area contributed by atoms with Gasteiger partial charge in [0.2, 0.25) is 0 Å². The molecule has 3 aromatic carbocycles. The number of carbonyl (C=O) groups excluding carboxylic acids is 2. The molecule has 0 bridgehead atoms. The molecule has 0 radical (unpaired) electrons. The minimum absolute atomic E-state index is 0.0406. The number of likely N-dealkylation sites (tertiary alicyclic amines) is 2. The fourth-order valence-corrected chi connectivity index (χ4v) is 7.58. The highest BCUT2D eigenvalue weighted by Gasteiger charge is 2.41. The molecule has 3 saturated heterocycles. The average molecular weight is 698 g/mol. The number of benzene rings is 3. The minimum atomic E-state index is -5.05. The molecule has 0 aromatic heterocycles. The number of halogens is 6. The minimum Gasteiger partial charge on any atom is -0.337 e. The third-order valence-electron chi connectivity index (χ3n) is 10.2. The highest BCUT2D eigenvalue weighted by molar-refractivity contribution is 5.97. The summed E-state index contributed by atoms with van der Waals surface area (Å²) in [5.74, 6) is -0.989. The van der Waals surface area contributed by atoms with Gasteiger partial charge in [0.05, 0.1) is 28.3 Å². The Morgan fingerprint density at radius 3 is 1.92 bits per heavy atom. The summed E-state index contributed by atoms with van der Waals surface area (Å²) in [6.07, 6.45) is -7.81. The van der Waals surface area contributed by atoms with Gasteiger partial charge in [-0.2, -0.15) is 31.6 Å². The molecule has 3 atom stereocenters. The van der Waals surface area contributed by atoms with E-state index in [0.29, 0.717) is 55.6 Å². The molecule has 3 aliphatic heterocycles. The summed E-state index contributed by atoms with van der Waals surface area (Å²) in [6, 6.07) is 19.1. The van der Waals surface area contributed by atoms with Crippen LogP contribution in [0, 0.1) is 11.3 Å². The van der Waals surface area contributed by atoms with E-state index in [9.17, 15) is 41.2 Å². The fraction of sp³-hybridized carbons (Fsp3) is 0.432. The number of carbonyl (C=O) groups is 2. The Kier molecular flexibility index (Phi) is 10.2. The Labute approximate surface area is 286 Å². The molecule has 3 fully saturated rings. The highest BCUT2D eigenvalue weighted by atomic mass is 19.4. The Morgan fingerprint density at radius 2 is 1.30 bits per heavy atom. The van der Waals surface area contributed by atoms with E-state index in [2.05, 4.69) is 15.9 Å². The number of hydrogen-bond acceptors (Lipinski definition) is 5. The first kappa shape index (κ1) is 35.4. The molecule has 0 N–H and O–H groups in total. The Morgan fingerprint density at radius 1 is 0.720 bits per heavy atom. The maximum absolute atomic E-state index is 13.8. The Bertz CT molecular complexity index is 1700. The second-order valence-corrected chi connectivity index (χ2v) is 13.2. The van der Waals surface area contributed by atoms with Crippen molar-refractivity contribution in [2.24, 2.45) is 0 Å². The molecule has 13 heteroatoms. The van der Waals surface area contributed by atoms with Gasteiger partial charge in [0.1, 0.15) is 0 Å². The molecule has 7 nitrogen and oxygen atoms in total. The molecule has 0 aliphatic carbocycles. The van der Waals surface area contributed by atoms with Gasteiger partial charge in [-0.05, 0) is 61.6 Å². The van der Waals surface area contributed by atoms with Gasteiger partial charge in [-0.15, -0.1) is 0 Å². The van der Waals surface area contributed by atoms with Crippen molar-refractivity contribution in [3.05, 3.63) is 106 Å². The molecular weight excluding hydrogens is 660 g/mol. The van der Waals surface area contributed by atoms with Crippen LogP contribution in [0.15, 0.2) is 72.8 Å². The summed E-state index contributed by atoms with van der Waals surface area (Å²) in [7, 11) is 0. The van der Waals surface area contributed by atoms with Gasteiger partial charge in [-0.1, -0.05) is 42.5 Å². The molecule has 6 rings (SSSR count). The fourth-order valence-electron chi connectivity index (χ4n) is 7.58. The van der Waals surface area contributed by atoms with Gasteiger partial charge >= 0.3 is 12.4 Å². The van der Waals surface area contributed by atoms with Crippen LogP contribution in [0.25, 0.3) is 0 Å². The van der Waals surface area contributed by atoms with Crippen LogP contribution in [0.5, 0.6) is 0 Å². The van der Waals surface area contributed by atoms with Crippen LogP contribution in [0.3, 0.4) is 0 Å². The van der Waals surface area contributed by atoms with E-state index in [1.165, 1.54) is 4.90 Å². The number of piperazine rings is 1. The van der Waals surface area contributed by atoms with Crippen molar-refractivity contribution in [1.82, 2.24) is 19.6 Å². The van der Waals surface area contributed by atoms with Crippen molar-refractivity contribution < 1.29 is 35.9 Å².